The number of anilines is 1. The topological polar surface area (TPSA) is 38.3 Å². The summed E-state index contributed by atoms with van der Waals surface area (Å²) in [6.45, 7) is 0.117. The van der Waals surface area contributed by atoms with Gasteiger partial charge in [0, 0.05) is 4.83 Å². The van der Waals surface area contributed by atoms with Crippen molar-refractivity contribution in [2.75, 3.05) is 11.9 Å². The SMILES string of the molecule is O=C1COc2ccc(C(Br)CC3CCCC3)cc2N1. The summed E-state index contributed by atoms with van der Waals surface area (Å²) < 4.78 is 5.38. The van der Waals surface area contributed by atoms with Gasteiger partial charge in [-0.15, -0.1) is 0 Å². The van der Waals surface area contributed by atoms with Gasteiger partial charge in [0.05, 0.1) is 5.69 Å². The fourth-order valence-electron chi connectivity index (χ4n) is 2.97. The number of rotatable bonds is 3. The van der Waals surface area contributed by atoms with E-state index >= 15 is 0 Å². The van der Waals surface area contributed by atoms with E-state index in [0.717, 1.165) is 17.4 Å². The molecule has 1 heterocycles. The quantitative estimate of drug-likeness (QED) is 0.853. The van der Waals surface area contributed by atoms with Gasteiger partial charge in [0.1, 0.15) is 5.75 Å². The van der Waals surface area contributed by atoms with Crippen molar-refractivity contribution in [3.63, 3.8) is 0 Å². The fraction of sp³-hybridized carbons (Fsp3) is 0.533. The van der Waals surface area contributed by atoms with Gasteiger partial charge in [-0.05, 0) is 30.0 Å². The van der Waals surface area contributed by atoms with Gasteiger partial charge in [-0.3, -0.25) is 4.79 Å². The first-order chi connectivity index (χ1) is 9.22. The van der Waals surface area contributed by atoms with Crippen molar-refractivity contribution in [3.8, 4) is 5.75 Å². The zero-order valence-electron chi connectivity index (χ0n) is 10.8. The lowest BCUT2D eigenvalue weighted by Crippen LogP contribution is -2.25. The van der Waals surface area contributed by atoms with E-state index in [2.05, 4.69) is 27.3 Å². The Kier molecular flexibility index (Phi) is 3.78. The molecule has 3 rings (SSSR count). The Morgan fingerprint density at radius 1 is 1.37 bits per heavy atom. The number of carbonyl (C=O) groups is 1. The number of nitrogens with one attached hydrogen (secondary N) is 1. The molecule has 102 valence electrons. The zero-order valence-corrected chi connectivity index (χ0v) is 12.4. The first-order valence-electron chi connectivity index (χ1n) is 6.93. The number of hydrogen-bond donors (Lipinski definition) is 1. The van der Waals surface area contributed by atoms with Crippen molar-refractivity contribution < 1.29 is 9.53 Å². The van der Waals surface area contributed by atoms with Gasteiger partial charge in [0.25, 0.3) is 5.91 Å². The van der Waals surface area contributed by atoms with Crippen molar-refractivity contribution in [1.29, 1.82) is 0 Å². The molecule has 1 saturated carbocycles. The molecule has 0 aromatic heterocycles. The number of alkyl halides is 1. The van der Waals surface area contributed by atoms with E-state index in [0.29, 0.717) is 4.83 Å². The Balaban J connectivity index is 1.73. The van der Waals surface area contributed by atoms with Crippen LogP contribution in [0.4, 0.5) is 5.69 Å². The maximum Gasteiger partial charge on any atom is 0.262 e. The lowest BCUT2D eigenvalue weighted by molar-refractivity contribution is -0.118. The van der Waals surface area contributed by atoms with Crippen LogP contribution in [0.25, 0.3) is 0 Å². The van der Waals surface area contributed by atoms with Gasteiger partial charge in [-0.25, -0.2) is 0 Å². The highest BCUT2D eigenvalue weighted by molar-refractivity contribution is 9.09. The molecule has 1 unspecified atom stereocenters. The van der Waals surface area contributed by atoms with Crippen molar-refractivity contribution in [2.45, 2.75) is 36.9 Å². The van der Waals surface area contributed by atoms with E-state index in [9.17, 15) is 4.79 Å². The van der Waals surface area contributed by atoms with E-state index in [4.69, 9.17) is 4.74 Å². The van der Waals surface area contributed by atoms with Gasteiger partial charge >= 0.3 is 0 Å². The number of carbonyl (C=O) groups excluding carboxylic acids is 1. The number of hydrogen-bond acceptors (Lipinski definition) is 2. The van der Waals surface area contributed by atoms with Crippen LogP contribution in [-0.2, 0) is 4.79 Å². The van der Waals surface area contributed by atoms with Gasteiger partial charge in [-0.2, -0.15) is 0 Å². The maximum absolute atomic E-state index is 11.3. The van der Waals surface area contributed by atoms with E-state index < -0.39 is 0 Å². The summed E-state index contributed by atoms with van der Waals surface area (Å²) in [5.41, 5.74) is 2.01. The molecule has 1 aromatic carbocycles. The zero-order chi connectivity index (χ0) is 13.2. The van der Waals surface area contributed by atoms with Crippen LogP contribution in [0.3, 0.4) is 0 Å². The number of ether oxygens (including phenoxy) is 1. The molecule has 4 heteroatoms. The smallest absolute Gasteiger partial charge is 0.262 e. The van der Waals surface area contributed by atoms with Crippen LogP contribution in [0.5, 0.6) is 5.75 Å². The minimum atomic E-state index is -0.0773. The van der Waals surface area contributed by atoms with Crippen molar-refractivity contribution in [2.24, 2.45) is 5.92 Å². The summed E-state index contributed by atoms with van der Waals surface area (Å²) in [6.07, 6.45) is 6.63. The number of fused-ring (bicyclic) bond motifs is 1. The van der Waals surface area contributed by atoms with Crippen LogP contribution < -0.4 is 10.1 Å². The highest BCUT2D eigenvalue weighted by atomic mass is 79.9. The molecule has 19 heavy (non-hydrogen) atoms. The van der Waals surface area contributed by atoms with Crippen LogP contribution in [0.1, 0.15) is 42.5 Å². The molecule has 1 aliphatic carbocycles. The summed E-state index contributed by atoms with van der Waals surface area (Å²) in [5.74, 6) is 1.53. The first kappa shape index (κ1) is 13.0. The van der Waals surface area contributed by atoms with Gasteiger partial charge < -0.3 is 10.1 Å². The first-order valence-corrected chi connectivity index (χ1v) is 7.84. The van der Waals surface area contributed by atoms with Crippen LogP contribution >= 0.6 is 15.9 Å². The summed E-state index contributed by atoms with van der Waals surface area (Å²) >= 11 is 3.79. The van der Waals surface area contributed by atoms with Crippen LogP contribution in [0.15, 0.2) is 18.2 Å². The van der Waals surface area contributed by atoms with E-state index in [1.807, 2.05) is 12.1 Å². The molecular formula is C15H18BrNO2. The second-order valence-corrected chi connectivity index (χ2v) is 6.55. The molecular weight excluding hydrogens is 306 g/mol. The average Bonchev–Trinajstić information content (AvgIpc) is 2.90. The van der Waals surface area contributed by atoms with Crippen molar-refractivity contribution in [1.82, 2.24) is 0 Å². The summed E-state index contributed by atoms with van der Waals surface area (Å²) in [6, 6.07) is 6.07. The largest absolute Gasteiger partial charge is 0.482 e. The molecule has 1 aliphatic heterocycles. The molecule has 0 bridgehead atoms. The summed E-state index contributed by atoms with van der Waals surface area (Å²) in [5, 5.41) is 2.86. The Morgan fingerprint density at radius 3 is 2.95 bits per heavy atom. The second kappa shape index (κ2) is 5.53. The average molecular weight is 324 g/mol. The number of amides is 1. The van der Waals surface area contributed by atoms with Gasteiger partial charge in [0.15, 0.2) is 6.61 Å². The highest BCUT2D eigenvalue weighted by Crippen LogP contribution is 2.39. The minimum absolute atomic E-state index is 0.0773. The molecule has 1 N–H and O–H groups in total. The summed E-state index contributed by atoms with van der Waals surface area (Å²) in [7, 11) is 0. The Morgan fingerprint density at radius 2 is 2.16 bits per heavy atom. The fourth-order valence-corrected chi connectivity index (χ4v) is 3.78. The van der Waals surface area contributed by atoms with Crippen LogP contribution in [-0.4, -0.2) is 12.5 Å². The Hall–Kier alpha value is -1.03. The van der Waals surface area contributed by atoms with E-state index in [-0.39, 0.29) is 12.5 Å². The molecule has 3 nitrogen and oxygen atoms in total. The van der Waals surface area contributed by atoms with E-state index in [1.165, 1.54) is 37.7 Å². The van der Waals surface area contributed by atoms with Crippen molar-refractivity contribution in [3.05, 3.63) is 23.8 Å². The lowest BCUT2D eigenvalue weighted by atomic mass is 9.97. The standard InChI is InChI=1S/C15H18BrNO2/c16-12(7-10-3-1-2-4-10)11-5-6-14-13(8-11)17-15(18)9-19-14/h5-6,8,10,12H,1-4,7,9H2,(H,17,18). The number of benzene rings is 1. The second-order valence-electron chi connectivity index (χ2n) is 5.45. The highest BCUT2D eigenvalue weighted by Gasteiger charge is 2.22. The van der Waals surface area contributed by atoms with Crippen LogP contribution in [0.2, 0.25) is 0 Å². The third-order valence-electron chi connectivity index (χ3n) is 4.01. The molecule has 2 aliphatic rings. The predicted molar refractivity (Wildman–Crippen MR) is 78.8 cm³/mol. The predicted octanol–water partition coefficient (Wildman–Crippen LogP) is 4.03. The lowest BCUT2D eigenvalue weighted by Gasteiger charge is -2.21. The normalized spacial score (nSPS) is 20.6. The Labute approximate surface area is 121 Å². The molecule has 1 atom stereocenters. The van der Waals surface area contributed by atoms with Gasteiger partial charge in [0.2, 0.25) is 0 Å². The minimum Gasteiger partial charge on any atom is -0.482 e. The van der Waals surface area contributed by atoms with Crippen LogP contribution in [0, 0.1) is 5.92 Å². The maximum atomic E-state index is 11.3. The Bertz CT molecular complexity index is 483. The molecule has 1 aromatic rings. The van der Waals surface area contributed by atoms with E-state index in [1.54, 1.807) is 0 Å². The molecule has 0 spiro atoms. The monoisotopic (exact) mass is 323 g/mol. The number of halogens is 1. The summed E-state index contributed by atoms with van der Waals surface area (Å²) in [4.78, 5) is 11.7. The third-order valence-corrected chi connectivity index (χ3v) is 4.92. The van der Waals surface area contributed by atoms with Crippen molar-refractivity contribution >= 4 is 27.5 Å². The molecule has 0 radical (unpaired) electrons. The molecule has 1 fully saturated rings. The molecule has 1 amide bonds. The van der Waals surface area contributed by atoms with Gasteiger partial charge in [-0.1, -0.05) is 47.7 Å². The molecule has 0 saturated heterocycles. The third kappa shape index (κ3) is 2.94.